The minimum atomic E-state index is -0.592. The summed E-state index contributed by atoms with van der Waals surface area (Å²) in [6, 6.07) is 3.62. The Morgan fingerprint density at radius 1 is 1.58 bits per heavy atom. The van der Waals surface area contributed by atoms with Crippen LogP contribution < -0.4 is 5.32 Å². The number of carbonyl (C=O) groups excluding carboxylic acids is 1. The fraction of sp³-hybridized carbons (Fsp3) is 0.333. The van der Waals surface area contributed by atoms with Crippen LogP contribution >= 0.6 is 15.9 Å². The molecule has 2 rings (SSSR count). The summed E-state index contributed by atoms with van der Waals surface area (Å²) in [5, 5.41) is 10.3. The van der Waals surface area contributed by atoms with Gasteiger partial charge in [-0.15, -0.1) is 0 Å². The first-order valence-corrected chi connectivity index (χ1v) is 6.44. The maximum atomic E-state index is 13.6. The molecule has 19 heavy (non-hydrogen) atoms. The van der Waals surface area contributed by atoms with Crippen LogP contribution in [0.15, 0.2) is 22.7 Å². The molecule has 1 fully saturated rings. The van der Waals surface area contributed by atoms with E-state index >= 15 is 0 Å². The third kappa shape index (κ3) is 2.76. The molecule has 1 saturated heterocycles. The molecule has 2 N–H and O–H groups in total. The van der Waals surface area contributed by atoms with E-state index in [0.29, 0.717) is 23.2 Å². The van der Waals surface area contributed by atoms with Gasteiger partial charge in [-0.2, -0.15) is 0 Å². The van der Waals surface area contributed by atoms with Crippen LogP contribution in [0.25, 0.3) is 0 Å². The summed E-state index contributed by atoms with van der Waals surface area (Å²) >= 11 is 3.08. The van der Waals surface area contributed by atoms with Crippen molar-refractivity contribution < 1.29 is 13.9 Å². The lowest BCUT2D eigenvalue weighted by Gasteiger charge is -2.22. The zero-order chi connectivity index (χ0) is 14.0. The number of amides is 2. The number of carbonyl (C=O) groups is 1. The number of hydrogen-bond acceptors (Lipinski definition) is 3. The van der Waals surface area contributed by atoms with Gasteiger partial charge in [-0.1, -0.05) is 6.07 Å². The number of nitrogens with one attached hydrogen (secondary N) is 2. The van der Waals surface area contributed by atoms with Crippen LogP contribution in [0.4, 0.5) is 9.18 Å². The zero-order valence-corrected chi connectivity index (χ0v) is 11.8. The minimum Gasteiger partial charge on any atom is -0.383 e. The summed E-state index contributed by atoms with van der Waals surface area (Å²) in [6.07, 6.45) is 0. The molecule has 0 aliphatic carbocycles. The first-order valence-electron chi connectivity index (χ1n) is 5.64. The van der Waals surface area contributed by atoms with E-state index in [2.05, 4.69) is 21.2 Å². The van der Waals surface area contributed by atoms with E-state index in [4.69, 9.17) is 10.1 Å². The third-order valence-corrected chi connectivity index (χ3v) is 3.53. The second-order valence-corrected chi connectivity index (χ2v) is 4.96. The largest absolute Gasteiger partial charge is 0.383 e. The van der Waals surface area contributed by atoms with Gasteiger partial charge in [0.1, 0.15) is 17.7 Å². The summed E-state index contributed by atoms with van der Waals surface area (Å²) in [5.41, 5.74) is 0.556. The van der Waals surface area contributed by atoms with E-state index in [1.165, 1.54) is 18.1 Å². The van der Waals surface area contributed by atoms with Gasteiger partial charge >= 0.3 is 6.03 Å². The van der Waals surface area contributed by atoms with Gasteiger partial charge in [0.25, 0.3) is 0 Å². The maximum Gasteiger partial charge on any atom is 0.323 e. The lowest BCUT2D eigenvalue weighted by molar-refractivity contribution is 0.150. The molecule has 1 heterocycles. The number of benzene rings is 1. The van der Waals surface area contributed by atoms with Crippen molar-refractivity contribution in [3.8, 4) is 0 Å². The smallest absolute Gasteiger partial charge is 0.323 e. The van der Waals surface area contributed by atoms with E-state index in [1.54, 1.807) is 12.1 Å². The van der Waals surface area contributed by atoms with Crippen molar-refractivity contribution in [3.63, 3.8) is 0 Å². The molecule has 0 bridgehead atoms. The van der Waals surface area contributed by atoms with Crippen LogP contribution in [0.5, 0.6) is 0 Å². The topological polar surface area (TPSA) is 65.4 Å². The van der Waals surface area contributed by atoms with Crippen molar-refractivity contribution in [2.75, 3.05) is 20.3 Å². The van der Waals surface area contributed by atoms with Crippen LogP contribution in [0.1, 0.15) is 11.6 Å². The Bertz CT molecular complexity index is 524. The summed E-state index contributed by atoms with van der Waals surface area (Å²) in [4.78, 5) is 13.2. The Kier molecular flexibility index (Phi) is 4.16. The summed E-state index contributed by atoms with van der Waals surface area (Å²) in [7, 11) is 1.54. The highest BCUT2D eigenvalue weighted by Crippen LogP contribution is 2.28. The molecule has 0 saturated carbocycles. The van der Waals surface area contributed by atoms with Gasteiger partial charge in [-0.25, -0.2) is 9.18 Å². The SMILES string of the molecule is COCCN1C(=O)NC(=N)C1c1ccc(Br)c(F)c1. The van der Waals surface area contributed by atoms with Crippen LogP contribution in [-0.4, -0.2) is 37.0 Å². The van der Waals surface area contributed by atoms with Gasteiger partial charge in [-0.3, -0.25) is 10.7 Å². The van der Waals surface area contributed by atoms with Crippen LogP contribution in [0, 0.1) is 11.2 Å². The fourth-order valence-electron chi connectivity index (χ4n) is 1.98. The van der Waals surface area contributed by atoms with Crippen molar-refractivity contribution in [1.82, 2.24) is 10.2 Å². The van der Waals surface area contributed by atoms with Crippen molar-refractivity contribution in [2.24, 2.45) is 0 Å². The highest BCUT2D eigenvalue weighted by atomic mass is 79.9. The van der Waals surface area contributed by atoms with Gasteiger partial charge < -0.3 is 9.64 Å². The van der Waals surface area contributed by atoms with E-state index in [-0.39, 0.29) is 11.9 Å². The lowest BCUT2D eigenvalue weighted by atomic mass is 10.1. The third-order valence-electron chi connectivity index (χ3n) is 2.88. The molecule has 0 spiro atoms. The molecule has 1 unspecified atom stereocenters. The predicted octanol–water partition coefficient (Wildman–Crippen LogP) is 2.28. The van der Waals surface area contributed by atoms with Crippen molar-refractivity contribution in [1.29, 1.82) is 5.41 Å². The summed E-state index contributed by atoms with van der Waals surface area (Å²) in [5.74, 6) is -0.376. The van der Waals surface area contributed by atoms with Gasteiger partial charge in [0, 0.05) is 13.7 Å². The molecular weight excluding hydrogens is 317 g/mol. The molecule has 7 heteroatoms. The normalized spacial score (nSPS) is 18.9. The Morgan fingerprint density at radius 3 is 2.95 bits per heavy atom. The first kappa shape index (κ1) is 14.0. The number of rotatable bonds is 4. The highest BCUT2D eigenvalue weighted by Gasteiger charge is 2.36. The van der Waals surface area contributed by atoms with Crippen molar-refractivity contribution in [3.05, 3.63) is 34.1 Å². The number of urea groups is 1. The lowest BCUT2D eigenvalue weighted by Crippen LogP contribution is -2.32. The van der Waals surface area contributed by atoms with Crippen LogP contribution in [-0.2, 0) is 4.74 Å². The second kappa shape index (κ2) is 5.66. The Labute approximate surface area is 118 Å². The predicted molar refractivity (Wildman–Crippen MR) is 71.7 cm³/mol. The molecule has 5 nitrogen and oxygen atoms in total. The maximum absolute atomic E-state index is 13.6. The number of nitrogens with zero attached hydrogens (tertiary/aromatic N) is 1. The van der Waals surface area contributed by atoms with E-state index in [1.807, 2.05) is 0 Å². The van der Waals surface area contributed by atoms with Crippen LogP contribution in [0.3, 0.4) is 0 Å². The van der Waals surface area contributed by atoms with Gasteiger partial charge in [-0.05, 0) is 33.6 Å². The van der Waals surface area contributed by atoms with E-state index in [9.17, 15) is 9.18 Å². The number of methoxy groups -OCH3 is 1. The molecule has 0 radical (unpaired) electrons. The van der Waals surface area contributed by atoms with Gasteiger partial charge in [0.15, 0.2) is 0 Å². The number of halogens is 2. The monoisotopic (exact) mass is 329 g/mol. The molecule has 1 aromatic rings. The molecule has 0 aromatic heterocycles. The Hall–Kier alpha value is -1.47. The van der Waals surface area contributed by atoms with Crippen molar-refractivity contribution in [2.45, 2.75) is 6.04 Å². The molecular formula is C12H13BrFN3O2. The molecule has 2 amide bonds. The summed E-state index contributed by atoms with van der Waals surface area (Å²) in [6.45, 7) is 0.698. The average molecular weight is 330 g/mol. The van der Waals surface area contributed by atoms with Gasteiger partial charge in [0.2, 0.25) is 0 Å². The highest BCUT2D eigenvalue weighted by molar-refractivity contribution is 9.10. The number of amidine groups is 1. The summed E-state index contributed by atoms with van der Waals surface area (Å²) < 4.78 is 18.9. The number of ether oxygens (including phenoxy) is 1. The Balaban J connectivity index is 2.30. The molecule has 1 aliphatic heterocycles. The zero-order valence-electron chi connectivity index (χ0n) is 10.2. The molecule has 102 valence electrons. The quantitative estimate of drug-likeness (QED) is 0.890. The second-order valence-electron chi connectivity index (χ2n) is 4.11. The standard InChI is InChI=1S/C12H13BrFN3O2/c1-19-5-4-17-10(11(15)16-12(17)18)7-2-3-8(13)9(14)6-7/h2-3,6,10H,4-5H2,1H3,(H2,15,16,18). The van der Waals surface area contributed by atoms with Crippen molar-refractivity contribution >= 4 is 27.8 Å². The first-order chi connectivity index (χ1) is 9.04. The Morgan fingerprint density at radius 2 is 2.32 bits per heavy atom. The molecule has 1 aliphatic rings. The molecule has 1 aromatic carbocycles. The molecule has 1 atom stereocenters. The fourth-order valence-corrected chi connectivity index (χ4v) is 2.22. The average Bonchev–Trinajstić information content (AvgIpc) is 2.65. The van der Waals surface area contributed by atoms with E-state index < -0.39 is 11.9 Å². The van der Waals surface area contributed by atoms with E-state index in [0.717, 1.165) is 0 Å². The van der Waals surface area contributed by atoms with Crippen LogP contribution in [0.2, 0.25) is 0 Å². The minimum absolute atomic E-state index is 0.0443. The number of hydrogen-bond donors (Lipinski definition) is 2. The van der Waals surface area contributed by atoms with Gasteiger partial charge in [0.05, 0.1) is 11.1 Å².